The summed E-state index contributed by atoms with van der Waals surface area (Å²) in [7, 11) is 1.75. The number of nitrogens with zero attached hydrogens (tertiary/aromatic N) is 3. The molecule has 7 nitrogen and oxygen atoms in total. The molecule has 0 aliphatic carbocycles. The molecule has 0 fully saturated rings. The molecule has 1 N–H and O–H groups in total. The summed E-state index contributed by atoms with van der Waals surface area (Å²) in [6.45, 7) is 5.07. The van der Waals surface area contributed by atoms with Gasteiger partial charge in [0.2, 0.25) is 0 Å². The Balaban J connectivity index is 1.80. The Morgan fingerprint density at radius 1 is 1.09 bits per heavy atom. The van der Waals surface area contributed by atoms with Gasteiger partial charge in [0.1, 0.15) is 0 Å². The van der Waals surface area contributed by atoms with Crippen molar-refractivity contribution in [2.24, 2.45) is 0 Å². The van der Waals surface area contributed by atoms with Gasteiger partial charge in [-0.2, -0.15) is 0 Å². The quantitative estimate of drug-likeness (QED) is 0.646. The van der Waals surface area contributed by atoms with Crippen molar-refractivity contribution < 1.29 is 14.7 Å². The maximum Gasteiger partial charge on any atom is 0.407 e. The topological polar surface area (TPSA) is 82.9 Å². The first kappa shape index (κ1) is 22.3. The van der Waals surface area contributed by atoms with E-state index in [1.165, 1.54) is 4.90 Å². The molecule has 3 aromatic rings. The third-order valence-corrected chi connectivity index (χ3v) is 6.23. The lowest BCUT2D eigenvalue weighted by atomic mass is 9.95. The molecule has 170 valence electrons. The molecule has 0 atom stereocenters. The Morgan fingerprint density at radius 3 is 2.42 bits per heavy atom. The van der Waals surface area contributed by atoms with E-state index in [-0.39, 0.29) is 18.0 Å². The van der Waals surface area contributed by atoms with E-state index in [4.69, 9.17) is 0 Å². The fourth-order valence-electron chi connectivity index (χ4n) is 4.28. The van der Waals surface area contributed by atoms with E-state index >= 15 is 0 Å². The molecular weight excluding hydrogens is 418 g/mol. The van der Waals surface area contributed by atoms with Crippen LogP contribution in [0, 0.1) is 6.92 Å². The lowest BCUT2D eigenvalue weighted by Gasteiger charge is -2.25. The van der Waals surface area contributed by atoms with Crippen molar-refractivity contribution in [1.29, 1.82) is 0 Å². The Bertz CT molecular complexity index is 1320. The van der Waals surface area contributed by atoms with Crippen LogP contribution < -0.4 is 10.5 Å². The smallest absolute Gasteiger partial charge is 0.407 e. The van der Waals surface area contributed by atoms with E-state index in [1.54, 1.807) is 28.6 Å². The first-order valence-corrected chi connectivity index (χ1v) is 11.0. The summed E-state index contributed by atoms with van der Waals surface area (Å²) in [5.41, 5.74) is 4.78. The summed E-state index contributed by atoms with van der Waals surface area (Å²) >= 11 is 0. The van der Waals surface area contributed by atoms with Gasteiger partial charge in [-0.05, 0) is 61.7 Å². The summed E-state index contributed by atoms with van der Waals surface area (Å²) in [6, 6.07) is 14.8. The van der Waals surface area contributed by atoms with Crippen LogP contribution in [0.15, 0.2) is 59.4 Å². The first-order valence-electron chi connectivity index (χ1n) is 11.0. The van der Waals surface area contributed by atoms with Crippen molar-refractivity contribution in [1.82, 2.24) is 9.47 Å². The molecule has 2 aromatic carbocycles. The maximum absolute atomic E-state index is 13.3. The average Bonchev–Trinajstić information content (AvgIpc) is 2.83. The molecule has 0 spiro atoms. The number of pyridine rings is 1. The van der Waals surface area contributed by atoms with Crippen LogP contribution in [0.1, 0.15) is 34.8 Å². The summed E-state index contributed by atoms with van der Waals surface area (Å²) < 4.78 is 1.68. The molecule has 0 saturated carbocycles. The van der Waals surface area contributed by atoms with Crippen LogP contribution in [0.25, 0.3) is 16.5 Å². The van der Waals surface area contributed by atoms with Crippen molar-refractivity contribution >= 4 is 34.2 Å². The van der Waals surface area contributed by atoms with Crippen molar-refractivity contribution in [3.63, 3.8) is 0 Å². The van der Waals surface area contributed by atoms with Gasteiger partial charge in [0.25, 0.3) is 11.5 Å². The fraction of sp³-hybridized carbons (Fsp3) is 0.269. The predicted molar refractivity (Wildman–Crippen MR) is 130 cm³/mol. The monoisotopic (exact) mass is 445 g/mol. The predicted octanol–water partition coefficient (Wildman–Crippen LogP) is 4.37. The van der Waals surface area contributed by atoms with Crippen LogP contribution in [-0.4, -0.2) is 46.7 Å². The van der Waals surface area contributed by atoms with Crippen LogP contribution >= 0.6 is 0 Å². The second-order valence-electron chi connectivity index (χ2n) is 8.28. The van der Waals surface area contributed by atoms with Gasteiger partial charge in [-0.15, -0.1) is 0 Å². The number of anilines is 1. The minimum atomic E-state index is -0.955. The highest BCUT2D eigenvalue weighted by molar-refractivity contribution is 6.08. The lowest BCUT2D eigenvalue weighted by molar-refractivity contribution is 0.0993. The number of hydrogen-bond acceptors (Lipinski definition) is 3. The van der Waals surface area contributed by atoms with E-state index in [0.717, 1.165) is 33.3 Å². The number of fused-ring (bicyclic) bond motifs is 1. The lowest BCUT2D eigenvalue weighted by Crippen LogP contribution is -2.33. The number of amides is 2. The molecule has 7 heteroatoms. The zero-order chi connectivity index (χ0) is 23.7. The van der Waals surface area contributed by atoms with Gasteiger partial charge in [0.05, 0.1) is 5.52 Å². The molecule has 2 amide bonds. The highest BCUT2D eigenvalue weighted by Gasteiger charge is 2.21. The molecule has 33 heavy (non-hydrogen) atoms. The molecule has 0 bridgehead atoms. The van der Waals surface area contributed by atoms with Crippen molar-refractivity contribution in [2.75, 3.05) is 25.0 Å². The summed E-state index contributed by atoms with van der Waals surface area (Å²) in [5.74, 6) is -0.143. The third kappa shape index (κ3) is 4.26. The van der Waals surface area contributed by atoms with Gasteiger partial charge >= 0.3 is 6.09 Å². The van der Waals surface area contributed by atoms with Gasteiger partial charge in [0.15, 0.2) is 0 Å². The second-order valence-corrected chi connectivity index (χ2v) is 8.28. The summed E-state index contributed by atoms with van der Waals surface area (Å²) in [5, 5.41) is 10.1. The second kappa shape index (κ2) is 8.94. The zero-order valence-electron chi connectivity index (χ0n) is 19.0. The third-order valence-electron chi connectivity index (χ3n) is 6.23. The number of carbonyl (C=O) groups is 2. The molecular formula is C26H27N3O4. The number of carbonyl (C=O) groups excluding carboxylic acids is 1. The highest BCUT2D eigenvalue weighted by Crippen LogP contribution is 2.30. The summed E-state index contributed by atoms with van der Waals surface area (Å²) in [6.07, 6.45) is 1.41. The van der Waals surface area contributed by atoms with Crippen LogP contribution in [0.3, 0.4) is 0 Å². The normalized spacial score (nSPS) is 13.7. The van der Waals surface area contributed by atoms with Crippen LogP contribution in [-0.2, 0) is 6.54 Å². The number of carboxylic acid groups (broad SMARTS) is 1. The van der Waals surface area contributed by atoms with E-state index in [2.05, 4.69) is 0 Å². The van der Waals surface area contributed by atoms with Gasteiger partial charge in [-0.1, -0.05) is 23.8 Å². The summed E-state index contributed by atoms with van der Waals surface area (Å²) in [4.78, 5) is 40.3. The number of aryl methyl sites for hydroxylation is 2. The zero-order valence-corrected chi connectivity index (χ0v) is 19.0. The van der Waals surface area contributed by atoms with Crippen LogP contribution in [0.4, 0.5) is 10.5 Å². The van der Waals surface area contributed by atoms with Crippen molar-refractivity contribution in [3.05, 3.63) is 81.7 Å². The minimum Gasteiger partial charge on any atom is -0.465 e. The highest BCUT2D eigenvalue weighted by atomic mass is 16.4. The molecule has 1 aliphatic rings. The Kier molecular flexibility index (Phi) is 6.05. The van der Waals surface area contributed by atoms with Crippen molar-refractivity contribution in [3.8, 4) is 0 Å². The van der Waals surface area contributed by atoms with Gasteiger partial charge in [0, 0.05) is 49.4 Å². The van der Waals surface area contributed by atoms with E-state index in [1.807, 2.05) is 56.3 Å². The molecule has 2 heterocycles. The minimum absolute atomic E-state index is 0.114. The number of rotatable bonds is 4. The maximum atomic E-state index is 13.3. The first-order chi connectivity index (χ1) is 15.8. The Labute approximate surface area is 192 Å². The Hall–Kier alpha value is -3.87. The average molecular weight is 446 g/mol. The van der Waals surface area contributed by atoms with E-state index in [9.17, 15) is 19.5 Å². The number of benzene rings is 2. The van der Waals surface area contributed by atoms with Crippen molar-refractivity contribution in [2.45, 2.75) is 26.8 Å². The SMILES string of the molecule is CCn1c(=O)cc(C2=CCN(C(=O)O)CC2)c2cc(C(=O)N(C)c3ccc(C)cc3)ccc21. The molecule has 1 aromatic heterocycles. The van der Waals surface area contributed by atoms with Gasteiger partial charge in [-0.3, -0.25) is 9.59 Å². The standard InChI is InChI=1S/C26H27N3O4/c1-4-29-23-10-7-19(25(31)27(3)20-8-5-17(2)6-9-20)15-22(23)21(16-24(29)30)18-11-13-28(14-12-18)26(32)33/h5-11,15-16H,4,12-14H2,1-3H3,(H,32,33). The van der Waals surface area contributed by atoms with Gasteiger partial charge < -0.3 is 19.5 Å². The molecule has 0 saturated heterocycles. The Morgan fingerprint density at radius 2 is 1.82 bits per heavy atom. The van der Waals surface area contributed by atoms with E-state index in [0.29, 0.717) is 25.1 Å². The fourth-order valence-corrected chi connectivity index (χ4v) is 4.28. The van der Waals surface area contributed by atoms with Gasteiger partial charge in [-0.25, -0.2) is 4.79 Å². The molecule has 0 unspecified atom stereocenters. The molecule has 1 aliphatic heterocycles. The number of aromatic nitrogens is 1. The number of hydrogen-bond donors (Lipinski definition) is 1. The van der Waals surface area contributed by atoms with Crippen LogP contribution in [0.5, 0.6) is 0 Å². The van der Waals surface area contributed by atoms with Crippen LogP contribution in [0.2, 0.25) is 0 Å². The molecule has 4 rings (SSSR count). The van der Waals surface area contributed by atoms with E-state index < -0.39 is 6.09 Å². The molecule has 0 radical (unpaired) electrons. The largest absolute Gasteiger partial charge is 0.465 e.